The van der Waals surface area contributed by atoms with Crippen molar-refractivity contribution in [3.05, 3.63) is 36.5 Å². The Hall–Kier alpha value is -3.18. The van der Waals surface area contributed by atoms with Gasteiger partial charge in [0.1, 0.15) is 11.6 Å². The number of nitrogens with one attached hydrogen (secondary N) is 1. The highest BCUT2D eigenvalue weighted by molar-refractivity contribution is 6.45. The van der Waals surface area contributed by atoms with Crippen LogP contribution in [0.3, 0.4) is 0 Å². The SMILES string of the molecule is C=[N+]=C1CCN(c2ccnc(Nc3cccc(OCC)n3)c2)C1=O. The number of pyridine rings is 2. The zero-order valence-electron chi connectivity index (χ0n) is 13.4. The molecular weight excluding hydrogens is 306 g/mol. The first-order valence-corrected chi connectivity index (χ1v) is 7.68. The van der Waals surface area contributed by atoms with Crippen LogP contribution in [0.4, 0.5) is 17.3 Å². The lowest BCUT2D eigenvalue weighted by Crippen LogP contribution is -2.27. The van der Waals surface area contributed by atoms with Gasteiger partial charge in [0.05, 0.1) is 13.0 Å². The molecule has 122 valence electrons. The summed E-state index contributed by atoms with van der Waals surface area (Å²) in [5.41, 5.74) is 1.25. The number of amides is 1. The molecule has 2 aromatic rings. The fourth-order valence-corrected chi connectivity index (χ4v) is 2.47. The fraction of sp³-hybridized carbons (Fsp3) is 0.235. The van der Waals surface area contributed by atoms with Gasteiger partial charge in [-0.25, -0.2) is 4.98 Å². The van der Waals surface area contributed by atoms with Crippen LogP contribution in [0.25, 0.3) is 0 Å². The molecule has 0 aliphatic carbocycles. The Kier molecular flexibility index (Phi) is 4.54. The van der Waals surface area contributed by atoms with Crippen molar-refractivity contribution in [3.8, 4) is 5.88 Å². The van der Waals surface area contributed by atoms with E-state index in [1.54, 1.807) is 29.3 Å². The first kappa shape index (κ1) is 15.7. The molecule has 0 radical (unpaired) electrons. The molecule has 0 aromatic carbocycles. The van der Waals surface area contributed by atoms with Crippen LogP contribution >= 0.6 is 0 Å². The molecule has 3 rings (SSSR count). The molecule has 1 fully saturated rings. The van der Waals surface area contributed by atoms with Gasteiger partial charge in [-0.05, 0) is 19.1 Å². The molecule has 0 atom stereocenters. The fourth-order valence-electron chi connectivity index (χ4n) is 2.47. The summed E-state index contributed by atoms with van der Waals surface area (Å²) < 4.78 is 9.17. The highest BCUT2D eigenvalue weighted by Crippen LogP contribution is 2.23. The van der Waals surface area contributed by atoms with Gasteiger partial charge in [0.15, 0.2) is 0 Å². The van der Waals surface area contributed by atoms with E-state index in [0.29, 0.717) is 42.8 Å². The second-order valence-electron chi connectivity index (χ2n) is 5.13. The summed E-state index contributed by atoms with van der Waals surface area (Å²) in [7, 11) is 0. The second-order valence-corrected chi connectivity index (χ2v) is 5.13. The van der Waals surface area contributed by atoms with Crippen LogP contribution < -0.4 is 19.6 Å². The molecule has 1 N–H and O–H groups in total. The monoisotopic (exact) mass is 324 g/mol. The Morgan fingerprint density at radius 1 is 1.38 bits per heavy atom. The normalized spacial score (nSPS) is 13.8. The largest absolute Gasteiger partial charge is 0.478 e. The van der Waals surface area contributed by atoms with Gasteiger partial charge in [-0.15, -0.1) is 0 Å². The smallest absolute Gasteiger partial charge is 0.369 e. The number of nitrogens with zero attached hydrogens (tertiary/aromatic N) is 4. The van der Waals surface area contributed by atoms with Gasteiger partial charge in [0.2, 0.25) is 5.88 Å². The van der Waals surface area contributed by atoms with Crippen molar-refractivity contribution in [2.45, 2.75) is 13.3 Å². The molecule has 1 aliphatic rings. The van der Waals surface area contributed by atoms with Crippen molar-refractivity contribution in [1.29, 1.82) is 0 Å². The zero-order valence-corrected chi connectivity index (χ0v) is 13.4. The average Bonchev–Trinajstić information content (AvgIpc) is 2.96. The number of carbonyl (C=O) groups excluding carboxylic acids is 1. The van der Waals surface area contributed by atoms with E-state index in [-0.39, 0.29) is 5.91 Å². The number of rotatable bonds is 5. The van der Waals surface area contributed by atoms with E-state index < -0.39 is 0 Å². The molecule has 7 heteroatoms. The van der Waals surface area contributed by atoms with Crippen LogP contribution in [0.15, 0.2) is 36.5 Å². The molecule has 0 bridgehead atoms. The molecule has 0 spiro atoms. The van der Waals surface area contributed by atoms with Gasteiger partial charge < -0.3 is 15.0 Å². The first-order valence-electron chi connectivity index (χ1n) is 7.68. The van der Waals surface area contributed by atoms with E-state index in [4.69, 9.17) is 4.74 Å². The minimum Gasteiger partial charge on any atom is -0.478 e. The lowest BCUT2D eigenvalue weighted by Gasteiger charge is -2.15. The van der Waals surface area contributed by atoms with E-state index in [9.17, 15) is 4.79 Å². The number of ether oxygens (including phenoxy) is 1. The third kappa shape index (κ3) is 3.26. The molecule has 2 aromatic heterocycles. The van der Waals surface area contributed by atoms with Gasteiger partial charge in [-0.1, -0.05) is 10.7 Å². The maximum absolute atomic E-state index is 12.2. The highest BCUT2D eigenvalue weighted by atomic mass is 16.5. The summed E-state index contributed by atoms with van der Waals surface area (Å²) in [6.07, 6.45) is 2.25. The van der Waals surface area contributed by atoms with E-state index in [1.807, 2.05) is 19.1 Å². The summed E-state index contributed by atoms with van der Waals surface area (Å²) in [5, 5.41) is 3.12. The summed E-state index contributed by atoms with van der Waals surface area (Å²) >= 11 is 0. The maximum Gasteiger partial charge on any atom is 0.369 e. The van der Waals surface area contributed by atoms with E-state index in [2.05, 4.69) is 26.7 Å². The predicted molar refractivity (Wildman–Crippen MR) is 94.2 cm³/mol. The number of anilines is 3. The van der Waals surface area contributed by atoms with Gasteiger partial charge >= 0.3 is 11.6 Å². The third-order valence-electron chi connectivity index (χ3n) is 3.58. The molecule has 1 saturated heterocycles. The Bertz CT molecular complexity index is 814. The van der Waals surface area contributed by atoms with Gasteiger partial charge in [-0.2, -0.15) is 4.98 Å². The summed E-state index contributed by atoms with van der Waals surface area (Å²) in [6, 6.07) is 9.07. The van der Waals surface area contributed by atoms with Gasteiger partial charge in [-0.3, -0.25) is 4.79 Å². The second kappa shape index (κ2) is 6.93. The molecule has 1 amide bonds. The van der Waals surface area contributed by atoms with Crippen molar-refractivity contribution in [3.63, 3.8) is 0 Å². The molecular formula is C17H18N5O2+. The minimum atomic E-state index is -0.112. The quantitative estimate of drug-likeness (QED) is 0.667. The van der Waals surface area contributed by atoms with Crippen LogP contribution in [0.5, 0.6) is 5.88 Å². The molecule has 1 aliphatic heterocycles. The zero-order chi connectivity index (χ0) is 16.9. The number of hydrogen-bond donors (Lipinski definition) is 1. The lowest BCUT2D eigenvalue weighted by atomic mass is 10.3. The third-order valence-corrected chi connectivity index (χ3v) is 3.58. The van der Waals surface area contributed by atoms with Crippen LogP contribution in [0.1, 0.15) is 13.3 Å². The van der Waals surface area contributed by atoms with Crippen LogP contribution in [-0.2, 0) is 4.79 Å². The topological polar surface area (TPSA) is 81.5 Å². The molecule has 0 saturated carbocycles. The van der Waals surface area contributed by atoms with Crippen molar-refractivity contribution in [2.75, 3.05) is 23.4 Å². The highest BCUT2D eigenvalue weighted by Gasteiger charge is 2.35. The number of carbonyl (C=O) groups is 1. The summed E-state index contributed by atoms with van der Waals surface area (Å²) in [5.74, 6) is 1.66. The molecule has 24 heavy (non-hydrogen) atoms. The Morgan fingerprint density at radius 2 is 2.25 bits per heavy atom. The van der Waals surface area contributed by atoms with E-state index in [1.165, 1.54) is 0 Å². The standard InChI is InChI=1S/C17H18N5O2/c1-3-24-16-6-4-5-14(21-16)20-15-11-12(7-9-19-15)22-10-8-13(18-2)17(22)23/h4-7,9,11H,2-3,8,10H2,1H3,(H,19,20,21)/q+1. The van der Waals surface area contributed by atoms with Crippen LogP contribution in [0, 0.1) is 0 Å². The number of aromatic nitrogens is 2. The van der Waals surface area contributed by atoms with Crippen LogP contribution in [0.2, 0.25) is 0 Å². The van der Waals surface area contributed by atoms with Crippen molar-refractivity contribution in [1.82, 2.24) is 14.6 Å². The molecule has 3 heterocycles. The van der Waals surface area contributed by atoms with Crippen molar-refractivity contribution in [2.24, 2.45) is 0 Å². The first-order chi connectivity index (χ1) is 11.7. The van der Waals surface area contributed by atoms with Crippen molar-refractivity contribution < 1.29 is 9.53 Å². The molecule has 0 unspecified atom stereocenters. The van der Waals surface area contributed by atoms with Gasteiger partial charge in [0.25, 0.3) is 6.72 Å². The predicted octanol–water partition coefficient (Wildman–Crippen LogP) is 1.56. The lowest BCUT2D eigenvalue weighted by molar-refractivity contribution is -0.111. The van der Waals surface area contributed by atoms with Crippen LogP contribution in [-0.4, -0.2) is 41.5 Å². The Labute approximate surface area is 139 Å². The van der Waals surface area contributed by atoms with Gasteiger partial charge in [0, 0.05) is 30.6 Å². The average molecular weight is 324 g/mol. The maximum atomic E-state index is 12.2. The summed E-state index contributed by atoms with van der Waals surface area (Å²) in [4.78, 5) is 22.5. The van der Waals surface area contributed by atoms with E-state index >= 15 is 0 Å². The number of hydrogen-bond acceptors (Lipinski definition) is 5. The minimum absolute atomic E-state index is 0.112. The Morgan fingerprint density at radius 3 is 3.00 bits per heavy atom. The summed E-state index contributed by atoms with van der Waals surface area (Å²) in [6.45, 7) is 6.49. The van der Waals surface area contributed by atoms with E-state index in [0.717, 1.165) is 5.69 Å². The molecule has 7 nitrogen and oxygen atoms in total. The van der Waals surface area contributed by atoms with Crippen molar-refractivity contribution >= 4 is 35.7 Å². The Balaban J connectivity index is 1.80.